The molecule has 6 saturated heterocycles. The van der Waals surface area contributed by atoms with E-state index < -0.39 is 104 Å². The van der Waals surface area contributed by atoms with Crippen molar-refractivity contribution >= 4 is 76.3 Å². The monoisotopic (exact) mass is 740 g/mol. The van der Waals surface area contributed by atoms with E-state index in [1.54, 1.807) is 49.5 Å². The van der Waals surface area contributed by atoms with E-state index in [-0.39, 0.29) is 5.92 Å². The SMILES string of the molecule is CC(C)[C@]12C(=O)N3[C@H]4Nc5ccccc5[C@@]4([C@]45c6ccccc6N[C@H]4N4C(=O)[C@]6(CO)N(C)C(=O)[C@@]4([C@H]5O)[S@@]6=S)[C@H](O)[C@@]3(C(=O)N1C)[S@@]2=S. The van der Waals surface area contributed by atoms with Crippen LogP contribution in [0.25, 0.3) is 0 Å². The number of nitrogens with zero attached hydrogens (tertiary/aromatic N) is 4. The topological polar surface area (TPSA) is 166 Å². The van der Waals surface area contributed by atoms with Crippen LogP contribution in [-0.4, -0.2) is 123 Å². The standard InChI is InChI=1S/C32H32N6O7S4/c1-14(2)30-26(45)38-22-29(16-10-6-8-12-18(16)34-22,20(41)32(38,49(30)47)25(44)36(30)4)28-15-9-5-7-11-17(15)33-21(28)37-23(42)27(13-39)35(3)24(43)31(37,19(28)40)48(27)46/h5-12,14,19-22,33-34,39-41H,13H2,1-4H3/t19-,20-,21-,22+,27+,28-,29+,30-,31+,32-,48+,49+/m0/s1. The van der Waals surface area contributed by atoms with Gasteiger partial charge in [-0.1, -0.05) is 50.2 Å². The summed E-state index contributed by atoms with van der Waals surface area (Å²) in [6, 6.07) is 14.3. The first-order chi connectivity index (χ1) is 23.2. The molecule has 0 radical (unpaired) electrons. The van der Waals surface area contributed by atoms with Gasteiger partial charge in [0.05, 0.1) is 17.4 Å². The van der Waals surface area contributed by atoms with Gasteiger partial charge in [0.1, 0.15) is 24.5 Å². The molecule has 2 aromatic rings. The molecule has 17 heteroatoms. The molecule has 4 amide bonds. The lowest BCUT2D eigenvalue weighted by molar-refractivity contribution is -0.163. The summed E-state index contributed by atoms with van der Waals surface area (Å²) in [4.78, 5) is 57.5. The molecule has 4 bridgehead atoms. The van der Waals surface area contributed by atoms with Crippen LogP contribution in [0.15, 0.2) is 48.5 Å². The number of carbonyl (C=O) groups excluding carboxylic acids is 4. The second-order valence-corrected chi connectivity index (χ2v) is 20.1. The second kappa shape index (κ2) is 8.52. The van der Waals surface area contributed by atoms with E-state index >= 15 is 4.79 Å². The summed E-state index contributed by atoms with van der Waals surface area (Å²) < 4.78 is 0. The predicted molar refractivity (Wildman–Crippen MR) is 185 cm³/mol. The molecule has 6 fully saturated rings. The van der Waals surface area contributed by atoms with E-state index in [0.717, 1.165) is 0 Å². The number of carbonyl (C=O) groups is 4. The molecule has 12 atom stereocenters. The first kappa shape index (κ1) is 30.7. The molecule has 0 aromatic heterocycles. The summed E-state index contributed by atoms with van der Waals surface area (Å²) in [6.45, 7) is 2.96. The molecule has 256 valence electrons. The number of amides is 4. The van der Waals surface area contributed by atoms with E-state index in [9.17, 15) is 29.7 Å². The number of hydrogen-bond donors (Lipinski definition) is 5. The number of aliphatic hydroxyl groups excluding tert-OH is 3. The Morgan fingerprint density at radius 1 is 0.735 bits per heavy atom. The molecule has 8 heterocycles. The highest BCUT2D eigenvalue weighted by atomic mass is 32.8. The number of hydrogen-bond acceptors (Lipinski definition) is 11. The van der Waals surface area contributed by atoms with Gasteiger partial charge in [-0.2, -0.15) is 0 Å². The number of benzene rings is 2. The lowest BCUT2D eigenvalue weighted by Gasteiger charge is -2.51. The van der Waals surface area contributed by atoms with Gasteiger partial charge in [0, 0.05) is 25.5 Å². The fraction of sp³-hybridized carbons (Fsp3) is 0.500. The lowest BCUT2D eigenvalue weighted by atomic mass is 9.52. The number of likely N-dealkylation sites (N-methyl/N-ethyl adjacent to an activating group) is 2. The van der Waals surface area contributed by atoms with Gasteiger partial charge < -0.3 is 35.8 Å². The molecular formula is C32H32N6O7S4. The van der Waals surface area contributed by atoms with Crippen molar-refractivity contribution in [2.24, 2.45) is 5.92 Å². The van der Waals surface area contributed by atoms with E-state index in [0.29, 0.717) is 22.5 Å². The van der Waals surface area contributed by atoms with Gasteiger partial charge in [-0.25, -0.2) is 0 Å². The first-order valence-electron chi connectivity index (χ1n) is 16.0. The van der Waals surface area contributed by atoms with Crippen molar-refractivity contribution in [3.8, 4) is 0 Å². The van der Waals surface area contributed by atoms with Crippen LogP contribution in [-0.2, 0) is 71.3 Å². The van der Waals surface area contributed by atoms with Gasteiger partial charge in [-0.3, -0.25) is 29.0 Å². The quantitative estimate of drug-likeness (QED) is 0.245. The van der Waals surface area contributed by atoms with E-state index in [1.807, 2.05) is 19.9 Å². The maximum Gasteiger partial charge on any atom is 0.265 e. The summed E-state index contributed by atoms with van der Waals surface area (Å²) in [5.74, 6) is -2.51. The molecule has 5 N–H and O–H groups in total. The van der Waals surface area contributed by atoms with Gasteiger partial charge >= 0.3 is 0 Å². The normalized spacial score (nSPS) is 47.5. The Kier molecular flexibility index (Phi) is 5.34. The zero-order valence-electron chi connectivity index (χ0n) is 26.6. The fourth-order valence-electron chi connectivity index (χ4n) is 11.4. The Labute approximate surface area is 294 Å². The second-order valence-electron chi connectivity index (χ2n) is 14.5. The minimum absolute atomic E-state index is 0.385. The molecule has 10 rings (SSSR count). The third-order valence-corrected chi connectivity index (χ3v) is 21.3. The number of piperazine rings is 2. The highest BCUT2D eigenvalue weighted by Gasteiger charge is 2.97. The van der Waals surface area contributed by atoms with Gasteiger partial charge in [0.2, 0.25) is 9.74 Å². The van der Waals surface area contributed by atoms with Crippen LogP contribution in [0.1, 0.15) is 25.0 Å². The van der Waals surface area contributed by atoms with Crippen LogP contribution in [0.3, 0.4) is 0 Å². The smallest absolute Gasteiger partial charge is 0.265 e. The number of fused-ring (bicyclic) bond motifs is 11. The summed E-state index contributed by atoms with van der Waals surface area (Å²) in [5.41, 5.74) is -1.42. The van der Waals surface area contributed by atoms with Crippen LogP contribution in [0.4, 0.5) is 11.4 Å². The van der Waals surface area contributed by atoms with Crippen molar-refractivity contribution < 1.29 is 34.5 Å². The molecule has 0 aliphatic carbocycles. The van der Waals surface area contributed by atoms with E-state index in [1.165, 1.54) is 26.6 Å². The van der Waals surface area contributed by atoms with Crippen molar-refractivity contribution in [1.82, 2.24) is 19.6 Å². The van der Waals surface area contributed by atoms with Gasteiger partial charge in [-0.15, -0.1) is 0 Å². The Morgan fingerprint density at radius 3 is 1.67 bits per heavy atom. The molecule has 2 aromatic carbocycles. The third kappa shape index (κ3) is 2.32. The van der Waals surface area contributed by atoms with Crippen LogP contribution >= 0.6 is 0 Å². The van der Waals surface area contributed by atoms with Crippen molar-refractivity contribution in [2.45, 2.75) is 68.7 Å². The molecule has 49 heavy (non-hydrogen) atoms. The highest BCUT2D eigenvalue weighted by molar-refractivity contribution is 8.32. The predicted octanol–water partition coefficient (Wildman–Crippen LogP) is -1.66. The van der Waals surface area contributed by atoms with Crippen LogP contribution < -0.4 is 10.6 Å². The minimum Gasteiger partial charge on any atom is -0.392 e. The Morgan fingerprint density at radius 2 is 1.18 bits per heavy atom. The highest BCUT2D eigenvalue weighted by Crippen LogP contribution is 2.76. The lowest BCUT2D eigenvalue weighted by Crippen LogP contribution is -2.70. The number of aliphatic hydroxyl groups is 3. The maximum absolute atomic E-state index is 15.1. The Balaban J connectivity index is 1.35. The maximum atomic E-state index is 15.1. The zero-order valence-corrected chi connectivity index (χ0v) is 29.9. The van der Waals surface area contributed by atoms with Gasteiger partial charge in [0.25, 0.3) is 23.6 Å². The molecule has 2 spiro atoms. The van der Waals surface area contributed by atoms with Crippen molar-refractivity contribution in [2.75, 3.05) is 31.3 Å². The Hall–Kier alpha value is -3.06. The summed E-state index contributed by atoms with van der Waals surface area (Å²) in [6.07, 6.45) is -5.82. The summed E-state index contributed by atoms with van der Waals surface area (Å²) in [5, 5.41) is 44.6. The first-order valence-corrected chi connectivity index (χ1v) is 20.3. The fourth-order valence-corrected chi connectivity index (χ4v) is 19.5. The van der Waals surface area contributed by atoms with E-state index in [4.69, 9.17) is 22.4 Å². The van der Waals surface area contributed by atoms with Crippen molar-refractivity contribution in [1.29, 1.82) is 0 Å². The summed E-state index contributed by atoms with van der Waals surface area (Å²) in [7, 11) is -0.192. The molecule has 8 aliphatic rings. The minimum atomic E-state index is -2.01. The molecular weight excluding hydrogens is 709 g/mol. The van der Waals surface area contributed by atoms with Crippen molar-refractivity contribution in [3.05, 3.63) is 59.7 Å². The van der Waals surface area contributed by atoms with E-state index in [2.05, 4.69) is 10.6 Å². The average molecular weight is 741 g/mol. The van der Waals surface area contributed by atoms with Crippen LogP contribution in [0.2, 0.25) is 0 Å². The van der Waals surface area contributed by atoms with Crippen molar-refractivity contribution in [3.63, 3.8) is 0 Å². The van der Waals surface area contributed by atoms with Gasteiger partial charge in [0.15, 0.2) is 9.74 Å². The number of nitrogens with one attached hydrogen (secondary N) is 2. The molecule has 13 nitrogen and oxygen atoms in total. The third-order valence-electron chi connectivity index (χ3n) is 13.2. The summed E-state index contributed by atoms with van der Waals surface area (Å²) >= 11 is 12.3. The molecule has 8 aliphatic heterocycles. The largest absolute Gasteiger partial charge is 0.392 e. The van der Waals surface area contributed by atoms with Gasteiger partial charge in [-0.05, 0) is 70.5 Å². The van der Waals surface area contributed by atoms with Crippen LogP contribution in [0, 0.1) is 5.92 Å². The number of para-hydroxylation sites is 2. The average Bonchev–Trinajstić information content (AvgIpc) is 3.87. The Bertz CT molecular complexity index is 2100. The number of rotatable bonds is 3. The number of anilines is 2. The molecule has 0 unspecified atom stereocenters. The van der Waals surface area contributed by atoms with Crippen LogP contribution in [0.5, 0.6) is 0 Å². The zero-order chi connectivity index (χ0) is 34.7. The molecule has 0 saturated carbocycles.